The van der Waals surface area contributed by atoms with Crippen LogP contribution in [0.4, 0.5) is 0 Å². The largest absolute Gasteiger partial charge is 0.493 e. The van der Waals surface area contributed by atoms with Crippen LogP contribution in [0, 0.1) is 5.92 Å². The van der Waals surface area contributed by atoms with E-state index in [0.29, 0.717) is 40.3 Å². The number of hydrogen-bond acceptors (Lipinski definition) is 5. The Balaban J connectivity index is 2.00. The quantitative estimate of drug-likeness (QED) is 0.567. The van der Waals surface area contributed by atoms with Crippen molar-refractivity contribution in [3.8, 4) is 17.2 Å². The average molecular weight is 444 g/mol. The number of nitrogens with zero attached hydrogens (tertiary/aromatic N) is 1. The van der Waals surface area contributed by atoms with Gasteiger partial charge in [-0.2, -0.15) is 0 Å². The highest BCUT2D eigenvalue weighted by Crippen LogP contribution is 2.28. The van der Waals surface area contributed by atoms with Crippen molar-refractivity contribution in [2.24, 2.45) is 11.1 Å². The molecule has 3 N–H and O–H groups in total. The summed E-state index contributed by atoms with van der Waals surface area (Å²) in [6.45, 7) is 8.59. The van der Waals surface area contributed by atoms with Gasteiger partial charge < -0.3 is 9.47 Å². The molecule has 0 amide bonds. The minimum absolute atomic E-state index is 0.0376. The molecule has 0 aliphatic rings. The summed E-state index contributed by atoms with van der Waals surface area (Å²) in [6.07, 6.45) is 1.70. The molecule has 164 valence electrons. The van der Waals surface area contributed by atoms with Gasteiger partial charge in [0.25, 0.3) is 5.56 Å². The van der Waals surface area contributed by atoms with Crippen LogP contribution in [0.3, 0.4) is 0 Å². The van der Waals surface area contributed by atoms with E-state index < -0.39 is 10.0 Å². The third kappa shape index (κ3) is 5.07. The number of rotatable bonds is 7. The Labute approximate surface area is 180 Å². The number of H-pyrrole nitrogens is 1. The SMILES string of the molecule is C=c1[nH]n(-c2ccc(S(N)(=O)=O)cc2)c(=O)/c1=C/c1ccc(OCC(C)C)c(OC)c1. The van der Waals surface area contributed by atoms with E-state index in [1.807, 2.05) is 6.07 Å². The first kappa shape index (κ1) is 22.4. The van der Waals surface area contributed by atoms with Gasteiger partial charge in [0.15, 0.2) is 11.5 Å². The second kappa shape index (κ2) is 8.83. The van der Waals surface area contributed by atoms with Crippen molar-refractivity contribution in [1.29, 1.82) is 0 Å². The molecule has 0 bridgehead atoms. The van der Waals surface area contributed by atoms with Crippen molar-refractivity contribution in [1.82, 2.24) is 9.78 Å². The van der Waals surface area contributed by atoms with Crippen molar-refractivity contribution < 1.29 is 17.9 Å². The van der Waals surface area contributed by atoms with Crippen LogP contribution in [0.2, 0.25) is 0 Å². The van der Waals surface area contributed by atoms with Crippen LogP contribution in [-0.4, -0.2) is 31.9 Å². The number of nitrogens with two attached hydrogens (primary N) is 1. The number of aromatic amines is 1. The molecule has 1 heterocycles. The molecule has 0 saturated carbocycles. The molecule has 0 spiro atoms. The number of nitrogens with one attached hydrogen (secondary N) is 1. The molecule has 3 rings (SSSR count). The van der Waals surface area contributed by atoms with Crippen LogP contribution in [0.1, 0.15) is 19.4 Å². The van der Waals surface area contributed by atoms with E-state index in [4.69, 9.17) is 14.6 Å². The van der Waals surface area contributed by atoms with Crippen LogP contribution in [0.5, 0.6) is 11.5 Å². The van der Waals surface area contributed by atoms with Crippen molar-refractivity contribution in [2.75, 3.05) is 13.7 Å². The van der Waals surface area contributed by atoms with Gasteiger partial charge in [-0.3, -0.25) is 9.89 Å². The number of methoxy groups -OCH3 is 1. The standard InChI is InChI=1S/C22H25N3O5S/c1-14(2)13-30-20-10-5-16(12-21(20)29-4)11-19-15(3)24-25(22(19)26)17-6-8-18(9-7-17)31(23,27)28/h5-12,14,24H,3,13H2,1-2,4H3,(H2,23,27,28)/b19-11+. The second-order valence-electron chi connectivity index (χ2n) is 7.44. The summed E-state index contributed by atoms with van der Waals surface area (Å²) < 4.78 is 35.3. The molecule has 2 aromatic carbocycles. The molecule has 3 aromatic rings. The van der Waals surface area contributed by atoms with Crippen LogP contribution in [-0.2, 0) is 10.0 Å². The predicted octanol–water partition coefficient (Wildman–Crippen LogP) is 1.10. The van der Waals surface area contributed by atoms with Gasteiger partial charge in [0, 0.05) is 0 Å². The third-order valence-corrected chi connectivity index (χ3v) is 5.43. The number of benzene rings is 2. The van der Waals surface area contributed by atoms with Gasteiger partial charge in [-0.15, -0.1) is 0 Å². The maximum atomic E-state index is 12.9. The highest BCUT2D eigenvalue weighted by atomic mass is 32.2. The fraction of sp³-hybridized carbons (Fsp3) is 0.227. The lowest BCUT2D eigenvalue weighted by Crippen LogP contribution is -2.33. The molecule has 0 unspecified atom stereocenters. The Hall–Kier alpha value is -3.30. The van der Waals surface area contributed by atoms with Crippen LogP contribution < -0.4 is 30.7 Å². The van der Waals surface area contributed by atoms with Crippen LogP contribution >= 0.6 is 0 Å². The first-order valence-electron chi connectivity index (χ1n) is 9.56. The Kier molecular flexibility index (Phi) is 6.37. The van der Waals surface area contributed by atoms with Crippen molar-refractivity contribution in [2.45, 2.75) is 18.7 Å². The smallest absolute Gasteiger partial charge is 0.279 e. The Morgan fingerprint density at radius 3 is 2.42 bits per heavy atom. The maximum Gasteiger partial charge on any atom is 0.279 e. The van der Waals surface area contributed by atoms with Gasteiger partial charge in [0.05, 0.1) is 34.9 Å². The summed E-state index contributed by atoms with van der Waals surface area (Å²) in [4.78, 5) is 12.9. The number of sulfonamides is 1. The number of primary sulfonamides is 1. The van der Waals surface area contributed by atoms with Gasteiger partial charge in [-0.05, 0) is 54.0 Å². The molecule has 0 saturated heterocycles. The Bertz CT molecular complexity index is 1350. The highest BCUT2D eigenvalue weighted by Gasteiger charge is 2.10. The van der Waals surface area contributed by atoms with Crippen molar-refractivity contribution in [3.05, 3.63) is 68.9 Å². The minimum atomic E-state index is -3.81. The molecule has 31 heavy (non-hydrogen) atoms. The fourth-order valence-electron chi connectivity index (χ4n) is 2.93. The highest BCUT2D eigenvalue weighted by molar-refractivity contribution is 7.89. The molecule has 0 aliphatic carbocycles. The summed E-state index contributed by atoms with van der Waals surface area (Å²) in [5, 5.41) is 8.81. The van der Waals surface area contributed by atoms with Crippen LogP contribution in [0.15, 0.2) is 52.2 Å². The average Bonchev–Trinajstić information content (AvgIpc) is 3.00. The Morgan fingerprint density at radius 2 is 1.84 bits per heavy atom. The van der Waals surface area contributed by atoms with E-state index in [9.17, 15) is 13.2 Å². The second-order valence-corrected chi connectivity index (χ2v) is 9.00. The number of aromatic nitrogens is 2. The maximum absolute atomic E-state index is 12.9. The molecule has 0 atom stereocenters. The van der Waals surface area contributed by atoms with E-state index in [0.717, 1.165) is 5.56 Å². The van der Waals surface area contributed by atoms with E-state index in [2.05, 4.69) is 25.5 Å². The zero-order valence-electron chi connectivity index (χ0n) is 17.6. The lowest BCUT2D eigenvalue weighted by molar-refractivity contribution is 0.257. The monoisotopic (exact) mass is 443 g/mol. The third-order valence-electron chi connectivity index (χ3n) is 4.50. The van der Waals surface area contributed by atoms with Gasteiger partial charge >= 0.3 is 0 Å². The predicted molar refractivity (Wildman–Crippen MR) is 119 cm³/mol. The number of hydrogen-bond donors (Lipinski definition) is 2. The van der Waals surface area contributed by atoms with E-state index in [1.165, 1.54) is 28.9 Å². The zero-order valence-corrected chi connectivity index (χ0v) is 18.4. The minimum Gasteiger partial charge on any atom is -0.493 e. The van der Waals surface area contributed by atoms with Crippen LogP contribution in [0.25, 0.3) is 18.3 Å². The molecule has 8 nitrogen and oxygen atoms in total. The summed E-state index contributed by atoms with van der Waals surface area (Å²) >= 11 is 0. The molecule has 1 aromatic heterocycles. The van der Waals surface area contributed by atoms with Gasteiger partial charge in [0.1, 0.15) is 0 Å². The fourth-order valence-corrected chi connectivity index (χ4v) is 3.44. The topological polar surface area (TPSA) is 116 Å². The summed E-state index contributed by atoms with van der Waals surface area (Å²) in [5.74, 6) is 1.57. The van der Waals surface area contributed by atoms with Crippen molar-refractivity contribution in [3.63, 3.8) is 0 Å². The lowest BCUT2D eigenvalue weighted by atomic mass is 10.1. The zero-order chi connectivity index (χ0) is 22.8. The Morgan fingerprint density at radius 1 is 1.16 bits per heavy atom. The summed E-state index contributed by atoms with van der Waals surface area (Å²) in [6, 6.07) is 11.1. The van der Waals surface area contributed by atoms with E-state index in [1.54, 1.807) is 25.3 Å². The van der Waals surface area contributed by atoms with Gasteiger partial charge in [-0.1, -0.05) is 26.5 Å². The van der Waals surface area contributed by atoms with Gasteiger partial charge in [0.2, 0.25) is 10.0 Å². The number of ether oxygens (including phenoxy) is 2. The van der Waals surface area contributed by atoms with E-state index in [-0.39, 0.29) is 10.5 Å². The molecule has 0 radical (unpaired) electrons. The van der Waals surface area contributed by atoms with Crippen molar-refractivity contribution >= 4 is 22.7 Å². The van der Waals surface area contributed by atoms with Gasteiger partial charge in [-0.25, -0.2) is 18.2 Å². The molecular formula is C22H25N3O5S. The van der Waals surface area contributed by atoms with E-state index >= 15 is 0 Å². The molecule has 9 heteroatoms. The molecule has 0 aliphatic heterocycles. The lowest BCUT2D eigenvalue weighted by Gasteiger charge is -2.12. The summed E-state index contributed by atoms with van der Waals surface area (Å²) in [7, 11) is -2.25. The first-order valence-corrected chi connectivity index (χ1v) is 11.1. The summed E-state index contributed by atoms with van der Waals surface area (Å²) in [5.41, 5.74) is 0.871. The molecule has 0 fully saturated rings. The first-order chi connectivity index (χ1) is 14.6. The molecular weight excluding hydrogens is 418 g/mol. The normalized spacial score (nSPS) is 12.4.